The summed E-state index contributed by atoms with van der Waals surface area (Å²) in [7, 11) is 0. The van der Waals surface area contributed by atoms with Gasteiger partial charge in [0.15, 0.2) is 6.23 Å². The molecule has 3 unspecified atom stereocenters. The maximum atomic E-state index is 12.6. The summed E-state index contributed by atoms with van der Waals surface area (Å²) in [5.74, 6) is 0.272. The van der Waals surface area contributed by atoms with Crippen LogP contribution in [0, 0.1) is 5.92 Å². The van der Waals surface area contributed by atoms with E-state index in [-0.39, 0.29) is 5.91 Å². The van der Waals surface area contributed by atoms with E-state index in [0.717, 1.165) is 43.4 Å². The van der Waals surface area contributed by atoms with Gasteiger partial charge in [0.2, 0.25) is 5.91 Å². The van der Waals surface area contributed by atoms with E-state index in [4.69, 9.17) is 0 Å². The lowest BCUT2D eigenvalue weighted by molar-refractivity contribution is -0.139. The number of aliphatic hydroxyl groups is 1. The lowest BCUT2D eigenvalue weighted by Crippen LogP contribution is -2.51. The van der Waals surface area contributed by atoms with Crippen molar-refractivity contribution in [2.45, 2.75) is 149 Å². The van der Waals surface area contributed by atoms with Gasteiger partial charge < -0.3 is 10.0 Å². The van der Waals surface area contributed by atoms with Crippen LogP contribution in [0.15, 0.2) is 46.1 Å². The van der Waals surface area contributed by atoms with E-state index in [1.165, 1.54) is 82.6 Å². The van der Waals surface area contributed by atoms with Crippen LogP contribution in [0.5, 0.6) is 0 Å². The Morgan fingerprint density at radius 2 is 1.38 bits per heavy atom. The molecule has 1 heterocycles. The van der Waals surface area contributed by atoms with E-state index in [1.54, 1.807) is 11.0 Å². The Bertz CT molecular complexity index is 849. The summed E-state index contributed by atoms with van der Waals surface area (Å²) in [6.07, 6.45) is 22.6. The summed E-state index contributed by atoms with van der Waals surface area (Å²) in [6, 6.07) is 7.78. The molecule has 220 valence electrons. The van der Waals surface area contributed by atoms with Gasteiger partial charge in [-0.25, -0.2) is 0 Å². The minimum Gasteiger partial charge on any atom is -0.371 e. The van der Waals surface area contributed by atoms with E-state index in [1.807, 2.05) is 19.1 Å². The highest BCUT2D eigenvalue weighted by Gasteiger charge is 2.35. The number of amides is 1. The Hall–Kier alpha value is -2.01. The van der Waals surface area contributed by atoms with Crippen LogP contribution in [0.4, 0.5) is 5.69 Å². The van der Waals surface area contributed by atoms with E-state index in [9.17, 15) is 9.90 Å². The lowest BCUT2D eigenvalue weighted by Gasteiger charge is -2.36. The molecular weight excluding hydrogens is 482 g/mol. The molecule has 0 saturated carbocycles. The van der Waals surface area contributed by atoms with Crippen molar-refractivity contribution in [3.63, 3.8) is 0 Å². The number of carbonyl (C=O) groups excluding carboxylic acids is 1. The number of aliphatic hydroxyl groups excluding tert-OH is 1. The highest BCUT2D eigenvalue weighted by Crippen LogP contribution is 2.26. The Morgan fingerprint density at radius 1 is 0.821 bits per heavy atom. The van der Waals surface area contributed by atoms with Crippen LogP contribution in [0.3, 0.4) is 0 Å². The molecule has 0 radical (unpaired) electrons. The summed E-state index contributed by atoms with van der Waals surface area (Å²) in [4.78, 5) is 14.2. The van der Waals surface area contributed by atoms with Gasteiger partial charge in [0, 0.05) is 12.6 Å². The maximum Gasteiger partial charge on any atom is 0.248 e. The third kappa shape index (κ3) is 12.8. The zero-order valence-corrected chi connectivity index (χ0v) is 25.5. The zero-order chi connectivity index (χ0) is 28.3. The summed E-state index contributed by atoms with van der Waals surface area (Å²) in [5.41, 5.74) is 2.88. The number of rotatable bonds is 21. The van der Waals surface area contributed by atoms with Crippen molar-refractivity contribution >= 4 is 11.6 Å². The molecule has 1 amide bonds. The normalized spacial score (nSPS) is 18.6. The van der Waals surface area contributed by atoms with Crippen LogP contribution in [0.1, 0.15) is 136 Å². The average molecular weight is 540 g/mol. The van der Waals surface area contributed by atoms with Gasteiger partial charge in [-0.15, -0.1) is 0 Å². The lowest BCUT2D eigenvalue weighted by atomic mass is 9.96. The molecule has 1 aliphatic rings. The molecule has 0 aromatic heterocycles. The highest BCUT2D eigenvalue weighted by molar-refractivity contribution is 5.89. The summed E-state index contributed by atoms with van der Waals surface area (Å²) >= 11 is 0. The van der Waals surface area contributed by atoms with Crippen LogP contribution in [0.2, 0.25) is 0 Å². The molecule has 1 aromatic rings. The molecule has 1 N–H and O–H groups in total. The van der Waals surface area contributed by atoms with Gasteiger partial charge >= 0.3 is 0 Å². The number of unbranched alkanes of at least 4 members (excludes halogenated alkanes) is 12. The molecular formula is C34H57N3O2. The molecule has 2 rings (SSSR count). The number of hydrogen-bond acceptors (Lipinski definition) is 4. The number of azo groups is 1. The van der Waals surface area contributed by atoms with Crippen LogP contribution < -0.4 is 0 Å². The SMILES string of the molecule is CCCCCCCCCCCCCCc1ccc(/N=N/C2C(C)=CC(=O)N(CC(CC)CCCC)C2O)cc1. The van der Waals surface area contributed by atoms with Crippen molar-refractivity contribution in [1.82, 2.24) is 4.90 Å². The first-order valence-corrected chi connectivity index (χ1v) is 16.2. The summed E-state index contributed by atoms with van der Waals surface area (Å²) in [6.45, 7) is 9.04. The second kappa shape index (κ2) is 20.0. The smallest absolute Gasteiger partial charge is 0.248 e. The first-order valence-electron chi connectivity index (χ1n) is 16.2. The van der Waals surface area contributed by atoms with E-state index in [2.05, 4.69) is 43.1 Å². The number of benzene rings is 1. The van der Waals surface area contributed by atoms with Gasteiger partial charge in [0.1, 0.15) is 6.04 Å². The quantitative estimate of drug-likeness (QED) is 0.125. The first-order chi connectivity index (χ1) is 19.0. The van der Waals surface area contributed by atoms with Crippen LogP contribution >= 0.6 is 0 Å². The molecule has 39 heavy (non-hydrogen) atoms. The minimum atomic E-state index is -0.966. The van der Waals surface area contributed by atoms with Gasteiger partial charge in [0.25, 0.3) is 0 Å². The van der Waals surface area contributed by atoms with Crippen LogP contribution in [-0.4, -0.2) is 34.7 Å². The van der Waals surface area contributed by atoms with Crippen molar-refractivity contribution in [2.24, 2.45) is 16.1 Å². The summed E-state index contributed by atoms with van der Waals surface area (Å²) in [5, 5.41) is 19.9. The van der Waals surface area contributed by atoms with Crippen molar-refractivity contribution in [1.29, 1.82) is 0 Å². The number of carbonyl (C=O) groups is 1. The highest BCUT2D eigenvalue weighted by atomic mass is 16.3. The summed E-state index contributed by atoms with van der Waals surface area (Å²) < 4.78 is 0. The van der Waals surface area contributed by atoms with Crippen LogP contribution in [0.25, 0.3) is 0 Å². The van der Waals surface area contributed by atoms with Gasteiger partial charge in [-0.1, -0.05) is 123 Å². The van der Waals surface area contributed by atoms with Gasteiger partial charge in [-0.2, -0.15) is 10.2 Å². The molecule has 1 aliphatic heterocycles. The van der Waals surface area contributed by atoms with Crippen LogP contribution in [-0.2, 0) is 11.2 Å². The number of nitrogens with zero attached hydrogens (tertiary/aromatic N) is 3. The molecule has 0 bridgehead atoms. The Balaban J connectivity index is 1.72. The Morgan fingerprint density at radius 3 is 1.95 bits per heavy atom. The maximum absolute atomic E-state index is 12.6. The third-order valence-electron chi connectivity index (χ3n) is 8.25. The predicted molar refractivity (Wildman–Crippen MR) is 164 cm³/mol. The minimum absolute atomic E-state index is 0.122. The van der Waals surface area contributed by atoms with E-state index < -0.39 is 12.3 Å². The molecule has 0 saturated heterocycles. The van der Waals surface area contributed by atoms with E-state index in [0.29, 0.717) is 12.5 Å². The Labute approximate surface area is 239 Å². The molecule has 0 fully saturated rings. The fourth-order valence-corrected chi connectivity index (χ4v) is 5.47. The number of aryl methyl sites for hydroxylation is 1. The van der Waals surface area contributed by atoms with Gasteiger partial charge in [0.05, 0.1) is 5.69 Å². The second-order valence-electron chi connectivity index (χ2n) is 11.7. The standard InChI is InChI=1S/C34H57N3O2/c1-5-8-10-11-12-13-14-15-16-17-18-19-21-30-22-24-31(25-23-30)35-36-33-28(4)26-32(38)37(34(33)39)27-29(7-3)20-9-6-2/h22-26,29,33-34,39H,5-21,27H2,1-4H3/b36-35+. The first kappa shape index (κ1) is 33.2. The third-order valence-corrected chi connectivity index (χ3v) is 8.25. The van der Waals surface area contributed by atoms with E-state index >= 15 is 0 Å². The predicted octanol–water partition coefficient (Wildman–Crippen LogP) is 9.71. The molecule has 1 aromatic carbocycles. The molecule has 5 nitrogen and oxygen atoms in total. The molecule has 3 atom stereocenters. The fourth-order valence-electron chi connectivity index (χ4n) is 5.47. The molecule has 0 aliphatic carbocycles. The Kier molecular flexibility index (Phi) is 17.0. The largest absolute Gasteiger partial charge is 0.371 e. The average Bonchev–Trinajstić information content (AvgIpc) is 2.93. The fraction of sp³-hybridized carbons (Fsp3) is 0.735. The molecule has 5 heteroatoms. The molecule has 0 spiro atoms. The van der Waals surface area contributed by atoms with Crippen molar-refractivity contribution in [2.75, 3.05) is 6.54 Å². The van der Waals surface area contributed by atoms with Gasteiger partial charge in [-0.3, -0.25) is 4.79 Å². The van der Waals surface area contributed by atoms with Crippen molar-refractivity contribution in [3.05, 3.63) is 41.5 Å². The van der Waals surface area contributed by atoms with Crippen molar-refractivity contribution < 1.29 is 9.90 Å². The topological polar surface area (TPSA) is 65.3 Å². The monoisotopic (exact) mass is 539 g/mol. The van der Waals surface area contributed by atoms with Crippen molar-refractivity contribution in [3.8, 4) is 0 Å². The zero-order valence-electron chi connectivity index (χ0n) is 25.5. The second-order valence-corrected chi connectivity index (χ2v) is 11.7. The number of hydrogen-bond donors (Lipinski definition) is 1. The van der Waals surface area contributed by atoms with Gasteiger partial charge in [-0.05, 0) is 55.4 Å².